The molecule has 5 heteroatoms. The van der Waals surface area contributed by atoms with Crippen LogP contribution in [-0.2, 0) is 0 Å². The van der Waals surface area contributed by atoms with Gasteiger partial charge in [-0.05, 0) is 31.0 Å². The fourth-order valence-corrected chi connectivity index (χ4v) is 2.27. The number of hydrogen-bond acceptors (Lipinski definition) is 3. The summed E-state index contributed by atoms with van der Waals surface area (Å²) in [6, 6.07) is 11.1. The van der Waals surface area contributed by atoms with Crippen molar-refractivity contribution in [3.05, 3.63) is 69.5 Å². The standard InChI is InChI=1S/C16H17FN2O2/c1-3-15(13-6-4-5-7-14(13)17)18-16-9-8-12(19(20)21)10-11(16)2/h4-10,15,18H,3H2,1-2H3. The van der Waals surface area contributed by atoms with Crippen molar-refractivity contribution in [1.29, 1.82) is 0 Å². The van der Waals surface area contributed by atoms with Crippen molar-refractivity contribution in [1.82, 2.24) is 0 Å². The van der Waals surface area contributed by atoms with Gasteiger partial charge in [-0.2, -0.15) is 0 Å². The molecular weight excluding hydrogens is 271 g/mol. The largest absolute Gasteiger partial charge is 0.378 e. The summed E-state index contributed by atoms with van der Waals surface area (Å²) < 4.78 is 13.9. The van der Waals surface area contributed by atoms with E-state index < -0.39 is 4.92 Å². The van der Waals surface area contributed by atoms with Gasteiger partial charge in [0.2, 0.25) is 0 Å². The third kappa shape index (κ3) is 3.37. The first-order valence-electron chi connectivity index (χ1n) is 6.79. The zero-order valence-corrected chi connectivity index (χ0v) is 12.0. The van der Waals surface area contributed by atoms with Gasteiger partial charge in [0.25, 0.3) is 5.69 Å². The summed E-state index contributed by atoms with van der Waals surface area (Å²) >= 11 is 0. The molecule has 0 fully saturated rings. The van der Waals surface area contributed by atoms with Gasteiger partial charge < -0.3 is 5.32 Å². The second-order valence-electron chi connectivity index (χ2n) is 4.88. The molecule has 4 nitrogen and oxygen atoms in total. The lowest BCUT2D eigenvalue weighted by Crippen LogP contribution is -2.12. The Morgan fingerprint density at radius 1 is 1.29 bits per heavy atom. The van der Waals surface area contributed by atoms with Crippen LogP contribution in [0.3, 0.4) is 0 Å². The molecule has 0 heterocycles. The van der Waals surface area contributed by atoms with E-state index in [0.717, 1.165) is 11.3 Å². The highest BCUT2D eigenvalue weighted by molar-refractivity contribution is 5.56. The number of benzene rings is 2. The molecule has 0 aliphatic heterocycles. The van der Waals surface area contributed by atoms with E-state index in [9.17, 15) is 14.5 Å². The van der Waals surface area contributed by atoms with Gasteiger partial charge in [0.05, 0.1) is 11.0 Å². The van der Waals surface area contributed by atoms with Crippen LogP contribution in [0.1, 0.15) is 30.5 Å². The highest BCUT2D eigenvalue weighted by Crippen LogP contribution is 2.28. The van der Waals surface area contributed by atoms with Crippen molar-refractivity contribution < 1.29 is 9.31 Å². The van der Waals surface area contributed by atoms with E-state index in [1.54, 1.807) is 31.2 Å². The summed E-state index contributed by atoms with van der Waals surface area (Å²) in [5.41, 5.74) is 2.18. The topological polar surface area (TPSA) is 55.2 Å². The number of nitro groups is 1. The Kier molecular flexibility index (Phi) is 4.52. The average Bonchev–Trinajstić information content (AvgIpc) is 2.47. The SMILES string of the molecule is CCC(Nc1ccc([N+](=O)[O-])cc1C)c1ccccc1F. The van der Waals surface area contributed by atoms with E-state index in [2.05, 4.69) is 5.32 Å². The van der Waals surface area contributed by atoms with Crippen molar-refractivity contribution in [3.8, 4) is 0 Å². The number of non-ortho nitro benzene ring substituents is 1. The molecule has 1 unspecified atom stereocenters. The van der Waals surface area contributed by atoms with Gasteiger partial charge in [-0.3, -0.25) is 10.1 Å². The summed E-state index contributed by atoms with van der Waals surface area (Å²) in [6.07, 6.45) is 0.706. The van der Waals surface area contributed by atoms with Crippen molar-refractivity contribution in [2.45, 2.75) is 26.3 Å². The molecule has 1 atom stereocenters. The van der Waals surface area contributed by atoms with Crippen molar-refractivity contribution in [2.24, 2.45) is 0 Å². The number of nitrogens with one attached hydrogen (secondary N) is 1. The Hall–Kier alpha value is -2.43. The van der Waals surface area contributed by atoms with Crippen LogP contribution in [-0.4, -0.2) is 4.92 Å². The smallest absolute Gasteiger partial charge is 0.269 e. The van der Waals surface area contributed by atoms with E-state index in [0.29, 0.717) is 12.0 Å². The van der Waals surface area contributed by atoms with Gasteiger partial charge in [-0.25, -0.2) is 4.39 Å². The fourth-order valence-electron chi connectivity index (χ4n) is 2.27. The second-order valence-corrected chi connectivity index (χ2v) is 4.88. The molecule has 0 saturated heterocycles. The maximum atomic E-state index is 13.9. The van der Waals surface area contributed by atoms with Crippen molar-refractivity contribution in [2.75, 3.05) is 5.32 Å². The monoisotopic (exact) mass is 288 g/mol. The summed E-state index contributed by atoms with van der Waals surface area (Å²) in [5, 5.41) is 14.0. The molecule has 0 aliphatic rings. The van der Waals surface area contributed by atoms with Crippen molar-refractivity contribution >= 4 is 11.4 Å². The number of hydrogen-bond donors (Lipinski definition) is 1. The van der Waals surface area contributed by atoms with Crippen LogP contribution >= 0.6 is 0 Å². The molecule has 2 aromatic rings. The molecule has 21 heavy (non-hydrogen) atoms. The Bertz CT molecular complexity index is 658. The molecule has 0 aromatic heterocycles. The van der Waals surface area contributed by atoms with Crippen LogP contribution in [0.2, 0.25) is 0 Å². The number of halogens is 1. The first-order chi connectivity index (χ1) is 10.0. The number of nitro benzene ring substituents is 1. The van der Waals surface area contributed by atoms with Crippen LogP contribution in [0.15, 0.2) is 42.5 Å². The predicted octanol–water partition coefficient (Wildman–Crippen LogP) is 4.61. The van der Waals surface area contributed by atoms with Crippen LogP contribution in [0.4, 0.5) is 15.8 Å². The highest BCUT2D eigenvalue weighted by atomic mass is 19.1. The summed E-state index contributed by atoms with van der Waals surface area (Å²) in [7, 11) is 0. The first kappa shape index (κ1) is 15.0. The van der Waals surface area contributed by atoms with E-state index in [1.165, 1.54) is 18.2 Å². The maximum Gasteiger partial charge on any atom is 0.269 e. The fraction of sp³-hybridized carbons (Fsp3) is 0.250. The summed E-state index contributed by atoms with van der Waals surface area (Å²) in [4.78, 5) is 10.3. The Labute approximate surface area is 122 Å². The van der Waals surface area contributed by atoms with Gasteiger partial charge in [0, 0.05) is 23.4 Å². The maximum absolute atomic E-state index is 13.9. The van der Waals surface area contributed by atoms with Gasteiger partial charge in [-0.1, -0.05) is 25.1 Å². The van der Waals surface area contributed by atoms with Crippen molar-refractivity contribution in [3.63, 3.8) is 0 Å². The molecule has 2 rings (SSSR count). The van der Waals surface area contributed by atoms with E-state index in [4.69, 9.17) is 0 Å². The summed E-state index contributed by atoms with van der Waals surface area (Å²) in [6.45, 7) is 3.76. The molecule has 0 amide bonds. The molecule has 0 spiro atoms. The quantitative estimate of drug-likeness (QED) is 0.646. The molecule has 1 N–H and O–H groups in total. The number of nitrogens with zero attached hydrogens (tertiary/aromatic N) is 1. The molecule has 0 bridgehead atoms. The zero-order valence-electron chi connectivity index (χ0n) is 12.0. The molecule has 110 valence electrons. The Balaban J connectivity index is 2.27. The van der Waals surface area contributed by atoms with Crippen LogP contribution in [0, 0.1) is 22.9 Å². The minimum atomic E-state index is -0.426. The van der Waals surface area contributed by atoms with E-state index >= 15 is 0 Å². The Morgan fingerprint density at radius 2 is 2.00 bits per heavy atom. The van der Waals surface area contributed by atoms with E-state index in [1.807, 2.05) is 6.92 Å². The average molecular weight is 288 g/mol. The lowest BCUT2D eigenvalue weighted by Gasteiger charge is -2.20. The number of rotatable bonds is 5. The zero-order chi connectivity index (χ0) is 15.4. The lowest BCUT2D eigenvalue weighted by molar-refractivity contribution is -0.384. The predicted molar refractivity (Wildman–Crippen MR) is 80.9 cm³/mol. The highest BCUT2D eigenvalue weighted by Gasteiger charge is 2.15. The summed E-state index contributed by atoms with van der Waals surface area (Å²) in [5.74, 6) is -0.253. The molecule has 0 radical (unpaired) electrons. The molecule has 0 aliphatic carbocycles. The first-order valence-corrected chi connectivity index (χ1v) is 6.79. The third-order valence-electron chi connectivity index (χ3n) is 3.44. The molecule has 0 saturated carbocycles. The van der Waals surface area contributed by atoms with Gasteiger partial charge in [0.15, 0.2) is 0 Å². The Morgan fingerprint density at radius 3 is 2.57 bits per heavy atom. The third-order valence-corrected chi connectivity index (χ3v) is 3.44. The second kappa shape index (κ2) is 6.35. The minimum Gasteiger partial charge on any atom is -0.378 e. The van der Waals surface area contributed by atoms with Gasteiger partial charge in [0.1, 0.15) is 5.82 Å². The number of aryl methyl sites for hydroxylation is 1. The minimum absolute atomic E-state index is 0.0528. The van der Waals surface area contributed by atoms with Crippen LogP contribution in [0.25, 0.3) is 0 Å². The van der Waals surface area contributed by atoms with Crippen LogP contribution < -0.4 is 5.32 Å². The molecular formula is C16H17FN2O2. The normalized spacial score (nSPS) is 12.0. The molecule has 2 aromatic carbocycles. The lowest BCUT2D eigenvalue weighted by atomic mass is 10.0. The van der Waals surface area contributed by atoms with Crippen LogP contribution in [0.5, 0.6) is 0 Å². The van der Waals surface area contributed by atoms with Gasteiger partial charge >= 0.3 is 0 Å². The van der Waals surface area contributed by atoms with Gasteiger partial charge in [-0.15, -0.1) is 0 Å². The van der Waals surface area contributed by atoms with E-state index in [-0.39, 0.29) is 17.5 Å². The number of anilines is 1.